The summed E-state index contributed by atoms with van der Waals surface area (Å²) in [6, 6.07) is 9.12. The van der Waals surface area contributed by atoms with Gasteiger partial charge in [-0.3, -0.25) is 4.99 Å². The summed E-state index contributed by atoms with van der Waals surface area (Å²) >= 11 is 0. The van der Waals surface area contributed by atoms with E-state index in [1.165, 1.54) is 36.8 Å². The van der Waals surface area contributed by atoms with Crippen LogP contribution in [0.3, 0.4) is 0 Å². The Kier molecular flexibility index (Phi) is 10.3. The van der Waals surface area contributed by atoms with Gasteiger partial charge in [-0.25, -0.2) is 0 Å². The van der Waals surface area contributed by atoms with Crippen molar-refractivity contribution in [2.45, 2.75) is 58.7 Å². The van der Waals surface area contributed by atoms with Gasteiger partial charge in [0.25, 0.3) is 0 Å². The average molecular weight is 445 g/mol. The van der Waals surface area contributed by atoms with Crippen molar-refractivity contribution in [3.05, 3.63) is 35.4 Å². The molecule has 0 bridgehead atoms. The third-order valence-corrected chi connectivity index (χ3v) is 4.54. The molecule has 0 aliphatic heterocycles. The number of benzene rings is 1. The van der Waals surface area contributed by atoms with Crippen molar-refractivity contribution in [2.75, 3.05) is 13.7 Å². The second-order valence-electron chi connectivity index (χ2n) is 6.48. The van der Waals surface area contributed by atoms with E-state index in [9.17, 15) is 0 Å². The predicted molar refractivity (Wildman–Crippen MR) is 112 cm³/mol. The fourth-order valence-corrected chi connectivity index (χ4v) is 2.95. The number of rotatable bonds is 6. The molecule has 1 fully saturated rings. The van der Waals surface area contributed by atoms with E-state index in [1.807, 2.05) is 14.0 Å². The highest BCUT2D eigenvalue weighted by atomic mass is 127. The molecule has 1 saturated carbocycles. The summed E-state index contributed by atoms with van der Waals surface area (Å²) in [7, 11) is 1.84. The van der Waals surface area contributed by atoms with E-state index >= 15 is 0 Å². The number of ether oxygens (including phenoxy) is 1. The van der Waals surface area contributed by atoms with Crippen molar-refractivity contribution >= 4 is 29.9 Å². The zero-order valence-electron chi connectivity index (χ0n) is 15.2. The van der Waals surface area contributed by atoms with Crippen molar-refractivity contribution in [3.8, 4) is 0 Å². The Balaban J connectivity index is 0.00000288. The maximum atomic E-state index is 5.42. The minimum atomic E-state index is 0. The second kappa shape index (κ2) is 11.7. The Morgan fingerprint density at radius 3 is 2.33 bits per heavy atom. The summed E-state index contributed by atoms with van der Waals surface area (Å²) in [5.41, 5.74) is 2.47. The van der Waals surface area contributed by atoms with Gasteiger partial charge < -0.3 is 15.4 Å². The van der Waals surface area contributed by atoms with E-state index in [4.69, 9.17) is 4.74 Å². The lowest BCUT2D eigenvalue weighted by molar-refractivity contribution is 0.134. The van der Waals surface area contributed by atoms with Crippen LogP contribution < -0.4 is 10.6 Å². The lowest BCUT2D eigenvalue weighted by atomic mass is 9.87. The van der Waals surface area contributed by atoms with Crippen molar-refractivity contribution in [1.29, 1.82) is 0 Å². The molecule has 2 rings (SSSR count). The van der Waals surface area contributed by atoms with Gasteiger partial charge in [0.2, 0.25) is 0 Å². The first-order valence-corrected chi connectivity index (χ1v) is 8.84. The Labute approximate surface area is 163 Å². The summed E-state index contributed by atoms with van der Waals surface area (Å²) in [5, 5.41) is 6.97. The first-order valence-electron chi connectivity index (χ1n) is 8.84. The second-order valence-corrected chi connectivity index (χ2v) is 6.48. The minimum Gasteiger partial charge on any atom is -0.377 e. The Hall–Kier alpha value is -0.820. The number of guanidine groups is 1. The molecule has 1 aromatic carbocycles. The highest BCUT2D eigenvalue weighted by Crippen LogP contribution is 2.23. The number of aliphatic imine (C=N–C) groups is 1. The molecule has 1 aliphatic rings. The van der Waals surface area contributed by atoms with Gasteiger partial charge in [0.05, 0.1) is 6.61 Å². The molecule has 0 saturated heterocycles. The highest BCUT2D eigenvalue weighted by Gasteiger charge is 2.18. The van der Waals surface area contributed by atoms with Crippen LogP contribution >= 0.6 is 24.0 Å². The summed E-state index contributed by atoms with van der Waals surface area (Å²) in [6.45, 7) is 6.60. The molecule has 0 spiro atoms. The van der Waals surface area contributed by atoms with E-state index < -0.39 is 0 Å². The Bertz CT molecular complexity index is 482. The van der Waals surface area contributed by atoms with Gasteiger partial charge in [-0.1, -0.05) is 31.2 Å². The SMILES string of the molecule is CCOCc1ccc(CNC(=NC)NC2CCC(C)CC2)cc1.I. The van der Waals surface area contributed by atoms with Gasteiger partial charge in [0, 0.05) is 26.2 Å². The standard InChI is InChI=1S/C19H31N3O.HI/c1-4-23-14-17-9-7-16(8-10-17)13-21-19(20-3)22-18-11-5-15(2)6-12-18;/h7-10,15,18H,4-6,11-14H2,1-3H3,(H2,20,21,22);1H. The zero-order valence-corrected chi connectivity index (χ0v) is 17.5. The molecule has 0 atom stereocenters. The molecule has 0 aromatic heterocycles. The summed E-state index contributed by atoms with van der Waals surface area (Å²) < 4.78 is 5.42. The molecule has 1 aromatic rings. The van der Waals surface area contributed by atoms with E-state index in [0.29, 0.717) is 12.6 Å². The van der Waals surface area contributed by atoms with Gasteiger partial charge in [0.15, 0.2) is 5.96 Å². The van der Waals surface area contributed by atoms with E-state index in [-0.39, 0.29) is 24.0 Å². The predicted octanol–water partition coefficient (Wildman–Crippen LogP) is 4.08. The maximum Gasteiger partial charge on any atom is 0.191 e. The molecule has 24 heavy (non-hydrogen) atoms. The van der Waals surface area contributed by atoms with Crippen LogP contribution in [0.4, 0.5) is 0 Å². The van der Waals surface area contributed by atoms with Gasteiger partial charge in [-0.2, -0.15) is 0 Å². The molecular formula is C19H32IN3O. The van der Waals surface area contributed by atoms with E-state index in [1.54, 1.807) is 0 Å². The summed E-state index contributed by atoms with van der Waals surface area (Å²) in [6.07, 6.45) is 5.12. The largest absolute Gasteiger partial charge is 0.377 e. The van der Waals surface area contributed by atoms with Crippen LogP contribution in [-0.2, 0) is 17.9 Å². The van der Waals surface area contributed by atoms with Crippen LogP contribution in [0.15, 0.2) is 29.3 Å². The van der Waals surface area contributed by atoms with Crippen molar-refractivity contribution in [2.24, 2.45) is 10.9 Å². The van der Waals surface area contributed by atoms with Crippen molar-refractivity contribution in [3.63, 3.8) is 0 Å². The molecule has 0 unspecified atom stereocenters. The number of halogens is 1. The third kappa shape index (κ3) is 7.38. The first kappa shape index (κ1) is 21.2. The summed E-state index contributed by atoms with van der Waals surface area (Å²) in [5.74, 6) is 1.78. The normalized spacial score (nSPS) is 21.0. The lowest BCUT2D eigenvalue weighted by Gasteiger charge is -2.28. The van der Waals surface area contributed by atoms with Crippen LogP contribution in [0.25, 0.3) is 0 Å². The average Bonchev–Trinajstić information content (AvgIpc) is 2.59. The number of hydrogen-bond donors (Lipinski definition) is 2. The summed E-state index contributed by atoms with van der Waals surface area (Å²) in [4.78, 5) is 4.35. The number of nitrogens with one attached hydrogen (secondary N) is 2. The molecule has 0 radical (unpaired) electrons. The zero-order chi connectivity index (χ0) is 16.5. The van der Waals surface area contributed by atoms with E-state index in [2.05, 4.69) is 46.8 Å². The van der Waals surface area contributed by atoms with Gasteiger partial charge in [0.1, 0.15) is 0 Å². The topological polar surface area (TPSA) is 45.6 Å². The van der Waals surface area contributed by atoms with Gasteiger partial charge >= 0.3 is 0 Å². The molecule has 0 heterocycles. The van der Waals surface area contributed by atoms with Gasteiger partial charge in [-0.15, -0.1) is 24.0 Å². The number of hydrogen-bond acceptors (Lipinski definition) is 2. The Morgan fingerprint density at radius 1 is 1.12 bits per heavy atom. The maximum absolute atomic E-state index is 5.42. The third-order valence-electron chi connectivity index (χ3n) is 4.54. The Morgan fingerprint density at radius 2 is 1.75 bits per heavy atom. The smallest absolute Gasteiger partial charge is 0.191 e. The molecule has 0 amide bonds. The fraction of sp³-hybridized carbons (Fsp3) is 0.632. The highest BCUT2D eigenvalue weighted by molar-refractivity contribution is 14.0. The molecule has 4 nitrogen and oxygen atoms in total. The molecule has 2 N–H and O–H groups in total. The monoisotopic (exact) mass is 445 g/mol. The van der Waals surface area contributed by atoms with Crippen LogP contribution in [0.1, 0.15) is 50.7 Å². The van der Waals surface area contributed by atoms with Crippen LogP contribution in [0.2, 0.25) is 0 Å². The minimum absolute atomic E-state index is 0. The quantitative estimate of drug-likeness (QED) is 0.394. The first-order chi connectivity index (χ1) is 11.2. The molecule has 136 valence electrons. The van der Waals surface area contributed by atoms with Crippen molar-refractivity contribution < 1.29 is 4.74 Å². The molecule has 5 heteroatoms. The van der Waals surface area contributed by atoms with Crippen LogP contribution in [0.5, 0.6) is 0 Å². The molecule has 1 aliphatic carbocycles. The lowest BCUT2D eigenvalue weighted by Crippen LogP contribution is -2.44. The fourth-order valence-electron chi connectivity index (χ4n) is 2.95. The van der Waals surface area contributed by atoms with Crippen molar-refractivity contribution in [1.82, 2.24) is 10.6 Å². The van der Waals surface area contributed by atoms with E-state index in [0.717, 1.165) is 25.0 Å². The number of nitrogens with zero attached hydrogens (tertiary/aromatic N) is 1. The van der Waals surface area contributed by atoms with Gasteiger partial charge in [-0.05, 0) is 49.7 Å². The van der Waals surface area contributed by atoms with Crippen LogP contribution in [-0.4, -0.2) is 25.7 Å². The van der Waals surface area contributed by atoms with Crippen LogP contribution in [0, 0.1) is 5.92 Å². The molecular weight excluding hydrogens is 413 g/mol.